The molecule has 0 spiro atoms. The summed E-state index contributed by atoms with van der Waals surface area (Å²) in [4.78, 5) is 4.06. The quantitative estimate of drug-likeness (QED) is 0.450. The predicted octanol–water partition coefficient (Wildman–Crippen LogP) is 5.34. The summed E-state index contributed by atoms with van der Waals surface area (Å²) in [6.45, 7) is 6.06. The van der Waals surface area contributed by atoms with Crippen molar-refractivity contribution in [2.75, 3.05) is 10.8 Å². The van der Waals surface area contributed by atoms with Crippen molar-refractivity contribution in [3.63, 3.8) is 0 Å². The van der Waals surface area contributed by atoms with E-state index in [1.54, 1.807) is 12.3 Å². The molecule has 1 atom stereocenters. The second-order valence-electron chi connectivity index (χ2n) is 7.42. The van der Waals surface area contributed by atoms with Gasteiger partial charge in [0.15, 0.2) is 0 Å². The zero-order chi connectivity index (χ0) is 22.8. The van der Waals surface area contributed by atoms with Crippen LogP contribution in [0.15, 0.2) is 46.1 Å². The van der Waals surface area contributed by atoms with Crippen molar-refractivity contribution in [1.29, 1.82) is 0 Å². The number of thiazole rings is 1. The number of anilines is 1. The molecular weight excluding hydrogens is 442 g/mol. The Bertz CT molecular complexity index is 1160. The Labute approximate surface area is 185 Å². The molecule has 1 aromatic heterocycles. The van der Waals surface area contributed by atoms with Crippen molar-refractivity contribution < 1.29 is 21.9 Å². The van der Waals surface area contributed by atoms with Crippen LogP contribution in [0.3, 0.4) is 0 Å². The number of nitrogens with zero attached hydrogens (tertiary/aromatic N) is 2. The summed E-state index contributed by atoms with van der Waals surface area (Å²) in [6, 6.07) is 10.1. The maximum Gasteiger partial charge on any atom is 0.291 e. The molecule has 0 aliphatic rings. The van der Waals surface area contributed by atoms with Gasteiger partial charge in [-0.2, -0.15) is 8.42 Å². The Morgan fingerprint density at radius 1 is 1.16 bits per heavy atom. The first-order valence-corrected chi connectivity index (χ1v) is 12.0. The number of halogens is 2. The fourth-order valence-corrected chi connectivity index (χ4v) is 5.58. The number of rotatable bonds is 8. The fourth-order valence-electron chi connectivity index (χ4n) is 2.90. The van der Waals surface area contributed by atoms with Crippen molar-refractivity contribution in [2.24, 2.45) is 0 Å². The van der Waals surface area contributed by atoms with Crippen LogP contribution in [-0.4, -0.2) is 26.1 Å². The number of sulfonamides is 1. The highest BCUT2D eigenvalue weighted by molar-refractivity contribution is 7.94. The van der Waals surface area contributed by atoms with E-state index in [1.807, 2.05) is 31.2 Å². The number of alkyl halides is 1. The molecule has 2 aromatic carbocycles. The number of ether oxygens (including phenoxy) is 1. The molecule has 0 aliphatic carbocycles. The Kier molecular flexibility index (Phi) is 6.96. The third kappa shape index (κ3) is 5.40. The van der Waals surface area contributed by atoms with Gasteiger partial charge in [0.25, 0.3) is 10.0 Å². The van der Waals surface area contributed by atoms with Gasteiger partial charge in [0.1, 0.15) is 24.3 Å². The smallest absolute Gasteiger partial charge is 0.291 e. The standard InChI is InChI=1S/C22H24F2N2O3S2/c1-14-5-7-18(8-6-14)12-29-21-10-19(24)15(2)9-20(21)26(11-16(3)23)31(27,28)22-25-17(4)13-30-22/h5-10,13,16H,11-12H2,1-4H3. The van der Waals surface area contributed by atoms with Crippen molar-refractivity contribution >= 4 is 27.0 Å². The molecule has 0 radical (unpaired) electrons. The minimum absolute atomic E-state index is 0.0150. The lowest BCUT2D eigenvalue weighted by atomic mass is 10.1. The number of aromatic nitrogens is 1. The summed E-state index contributed by atoms with van der Waals surface area (Å²) >= 11 is 0.953. The van der Waals surface area contributed by atoms with Crippen LogP contribution in [0.4, 0.5) is 14.5 Å². The van der Waals surface area contributed by atoms with Crippen molar-refractivity contribution in [3.05, 3.63) is 70.0 Å². The topological polar surface area (TPSA) is 59.5 Å². The highest BCUT2D eigenvalue weighted by atomic mass is 32.2. The van der Waals surface area contributed by atoms with Crippen molar-refractivity contribution in [2.45, 2.75) is 44.8 Å². The van der Waals surface area contributed by atoms with Crippen molar-refractivity contribution in [3.8, 4) is 5.75 Å². The summed E-state index contributed by atoms with van der Waals surface area (Å²) in [5, 5.41) is 1.61. The third-order valence-corrected chi connectivity index (χ3v) is 7.68. The lowest BCUT2D eigenvalue weighted by Gasteiger charge is -2.26. The van der Waals surface area contributed by atoms with E-state index in [1.165, 1.54) is 19.9 Å². The van der Waals surface area contributed by atoms with Gasteiger partial charge < -0.3 is 4.74 Å². The van der Waals surface area contributed by atoms with Gasteiger partial charge in [0.2, 0.25) is 4.34 Å². The summed E-state index contributed by atoms with van der Waals surface area (Å²) in [7, 11) is -4.17. The van der Waals surface area contributed by atoms with Gasteiger partial charge in [0.05, 0.1) is 12.2 Å². The van der Waals surface area contributed by atoms with Crippen LogP contribution in [0, 0.1) is 26.6 Å². The van der Waals surface area contributed by atoms with Crippen LogP contribution in [0.2, 0.25) is 0 Å². The molecule has 166 valence electrons. The molecule has 9 heteroatoms. The van der Waals surface area contributed by atoms with Gasteiger partial charge in [-0.3, -0.25) is 4.31 Å². The third-order valence-electron chi connectivity index (χ3n) is 4.55. The molecule has 0 saturated carbocycles. The number of hydrogen-bond donors (Lipinski definition) is 0. The Morgan fingerprint density at radius 3 is 2.42 bits per heavy atom. The zero-order valence-electron chi connectivity index (χ0n) is 17.7. The highest BCUT2D eigenvalue weighted by Crippen LogP contribution is 2.36. The first-order valence-electron chi connectivity index (χ1n) is 9.65. The summed E-state index contributed by atoms with van der Waals surface area (Å²) in [6.07, 6.45) is -1.47. The molecular formula is C22H24F2N2O3S2. The zero-order valence-corrected chi connectivity index (χ0v) is 19.4. The minimum atomic E-state index is -4.17. The molecule has 3 aromatic rings. The molecule has 0 fully saturated rings. The first-order chi connectivity index (χ1) is 14.6. The number of aryl methyl sites for hydroxylation is 3. The largest absolute Gasteiger partial charge is 0.487 e. The molecule has 3 rings (SSSR count). The number of hydrogen-bond acceptors (Lipinski definition) is 5. The summed E-state index contributed by atoms with van der Waals surface area (Å²) < 4.78 is 61.6. The van der Waals surface area contributed by atoms with Gasteiger partial charge >= 0.3 is 0 Å². The van der Waals surface area contributed by atoms with Crippen LogP contribution in [-0.2, 0) is 16.6 Å². The lowest BCUT2D eigenvalue weighted by molar-refractivity contribution is 0.304. The van der Waals surface area contributed by atoms with Crippen LogP contribution in [0.25, 0.3) is 0 Å². The molecule has 0 bridgehead atoms. The maximum absolute atomic E-state index is 14.4. The van der Waals surface area contributed by atoms with Gasteiger partial charge in [0, 0.05) is 17.1 Å². The average Bonchev–Trinajstić information content (AvgIpc) is 3.15. The molecule has 0 aliphatic heterocycles. The molecule has 0 saturated heterocycles. The number of benzene rings is 2. The SMILES string of the molecule is Cc1ccc(COc2cc(F)c(C)cc2N(CC(C)F)S(=O)(=O)c2nc(C)cs2)cc1. The van der Waals surface area contributed by atoms with E-state index in [4.69, 9.17) is 4.74 Å². The summed E-state index contributed by atoms with van der Waals surface area (Å²) in [5.74, 6) is -0.528. The van der Waals surface area contributed by atoms with E-state index in [0.29, 0.717) is 5.69 Å². The average molecular weight is 467 g/mol. The Morgan fingerprint density at radius 2 is 1.84 bits per heavy atom. The first kappa shape index (κ1) is 23.1. The second kappa shape index (κ2) is 9.32. The van der Waals surface area contributed by atoms with E-state index in [0.717, 1.165) is 32.8 Å². The van der Waals surface area contributed by atoms with E-state index in [-0.39, 0.29) is 27.9 Å². The Balaban J connectivity index is 2.05. The normalized spacial score (nSPS) is 12.6. The molecule has 0 amide bonds. The van der Waals surface area contributed by atoms with Crippen molar-refractivity contribution in [1.82, 2.24) is 4.98 Å². The highest BCUT2D eigenvalue weighted by Gasteiger charge is 2.32. The maximum atomic E-state index is 14.4. The molecule has 1 heterocycles. The Hall–Kier alpha value is -2.52. The monoisotopic (exact) mass is 466 g/mol. The molecule has 5 nitrogen and oxygen atoms in total. The van der Waals surface area contributed by atoms with Gasteiger partial charge in [-0.15, -0.1) is 11.3 Å². The summed E-state index contributed by atoms with van der Waals surface area (Å²) in [5.41, 5.74) is 2.76. The molecule has 31 heavy (non-hydrogen) atoms. The van der Waals surface area contributed by atoms with E-state index >= 15 is 0 Å². The van der Waals surface area contributed by atoms with Gasteiger partial charge in [-0.05, 0) is 44.9 Å². The second-order valence-corrected chi connectivity index (χ2v) is 10.3. The van der Waals surface area contributed by atoms with Crippen LogP contribution >= 0.6 is 11.3 Å². The molecule has 0 N–H and O–H groups in total. The van der Waals surface area contributed by atoms with Crippen LogP contribution in [0.5, 0.6) is 5.75 Å². The lowest BCUT2D eigenvalue weighted by Crippen LogP contribution is -2.36. The van der Waals surface area contributed by atoms with Gasteiger partial charge in [-0.25, -0.2) is 13.8 Å². The van der Waals surface area contributed by atoms with Gasteiger partial charge in [-0.1, -0.05) is 29.8 Å². The van der Waals surface area contributed by atoms with E-state index < -0.39 is 28.6 Å². The predicted molar refractivity (Wildman–Crippen MR) is 119 cm³/mol. The van der Waals surface area contributed by atoms with Crippen LogP contribution in [0.1, 0.15) is 29.3 Å². The minimum Gasteiger partial charge on any atom is -0.487 e. The van der Waals surface area contributed by atoms with Crippen LogP contribution < -0.4 is 9.04 Å². The molecule has 1 unspecified atom stereocenters. The fraction of sp³-hybridized carbons (Fsp3) is 0.318. The van der Waals surface area contributed by atoms with E-state index in [9.17, 15) is 17.2 Å². The van der Waals surface area contributed by atoms with E-state index in [2.05, 4.69) is 4.98 Å².